The van der Waals surface area contributed by atoms with Gasteiger partial charge in [0, 0.05) is 0 Å². The lowest BCUT2D eigenvalue weighted by Gasteiger charge is -2.19. The van der Waals surface area contributed by atoms with Gasteiger partial charge in [-0.15, -0.1) is 0 Å². The van der Waals surface area contributed by atoms with E-state index in [-0.39, 0.29) is 16.9 Å². The third-order valence-corrected chi connectivity index (χ3v) is 1.77. The number of ether oxygens (including phenoxy) is 1. The van der Waals surface area contributed by atoms with Crippen LogP contribution in [0.1, 0.15) is 20.8 Å². The summed E-state index contributed by atoms with van der Waals surface area (Å²) in [6.45, 7) is 6.40. The molecule has 4 heteroatoms. The lowest BCUT2D eigenvalue weighted by Crippen LogP contribution is -2.16. The first-order chi connectivity index (χ1) is 7.44. The SMILES string of the molecule is CC(C)(C)COc1cccc(F)c1N=C=O. The minimum Gasteiger partial charge on any atom is -0.491 e. The maximum atomic E-state index is 13.3. The summed E-state index contributed by atoms with van der Waals surface area (Å²) in [6.07, 6.45) is 1.32. The lowest BCUT2D eigenvalue weighted by atomic mass is 9.99. The fourth-order valence-electron chi connectivity index (χ4n) is 1.06. The van der Waals surface area contributed by atoms with Gasteiger partial charge in [-0.3, -0.25) is 0 Å². The molecule has 0 unspecified atom stereocenters. The van der Waals surface area contributed by atoms with Crippen LogP contribution in [0.2, 0.25) is 0 Å². The number of carbonyl (C=O) groups excluding carboxylic acids is 1. The quantitative estimate of drug-likeness (QED) is 0.583. The third-order valence-electron chi connectivity index (χ3n) is 1.77. The number of rotatable bonds is 3. The van der Waals surface area contributed by atoms with Crippen LogP contribution in [-0.2, 0) is 4.79 Å². The Morgan fingerprint density at radius 1 is 1.44 bits per heavy atom. The zero-order valence-corrected chi connectivity index (χ0v) is 9.58. The molecular weight excluding hydrogens is 209 g/mol. The number of aliphatic imine (C=N–C) groups is 1. The molecule has 0 aliphatic carbocycles. The van der Waals surface area contributed by atoms with Crippen molar-refractivity contribution in [2.75, 3.05) is 6.61 Å². The van der Waals surface area contributed by atoms with Gasteiger partial charge >= 0.3 is 0 Å². The predicted molar refractivity (Wildman–Crippen MR) is 59.1 cm³/mol. The Labute approximate surface area is 94.0 Å². The number of para-hydroxylation sites is 1. The second-order valence-electron chi connectivity index (χ2n) is 4.64. The molecule has 0 spiro atoms. The number of isocyanates is 1. The van der Waals surface area contributed by atoms with E-state index in [9.17, 15) is 9.18 Å². The van der Waals surface area contributed by atoms with Crippen molar-refractivity contribution in [2.24, 2.45) is 10.4 Å². The largest absolute Gasteiger partial charge is 0.491 e. The molecule has 0 N–H and O–H groups in total. The number of nitrogens with zero attached hydrogens (tertiary/aromatic N) is 1. The van der Waals surface area contributed by atoms with Gasteiger partial charge < -0.3 is 4.74 Å². The van der Waals surface area contributed by atoms with E-state index in [0.29, 0.717) is 6.61 Å². The Kier molecular flexibility index (Phi) is 3.80. The Hall–Kier alpha value is -1.67. The fraction of sp³-hybridized carbons (Fsp3) is 0.417. The zero-order chi connectivity index (χ0) is 12.2. The summed E-state index contributed by atoms with van der Waals surface area (Å²) in [5.74, 6) is -0.326. The summed E-state index contributed by atoms with van der Waals surface area (Å²) in [7, 11) is 0. The second kappa shape index (κ2) is 4.90. The minimum absolute atomic E-state index is 0.0471. The highest BCUT2D eigenvalue weighted by Gasteiger charge is 2.14. The molecular formula is C12H14FNO2. The van der Waals surface area contributed by atoms with E-state index >= 15 is 0 Å². The highest BCUT2D eigenvalue weighted by atomic mass is 19.1. The van der Waals surface area contributed by atoms with E-state index in [2.05, 4.69) is 4.99 Å². The fourth-order valence-corrected chi connectivity index (χ4v) is 1.06. The smallest absolute Gasteiger partial charge is 0.240 e. The first kappa shape index (κ1) is 12.4. The monoisotopic (exact) mass is 223 g/mol. The second-order valence-corrected chi connectivity index (χ2v) is 4.64. The average Bonchev–Trinajstić information content (AvgIpc) is 2.18. The van der Waals surface area contributed by atoms with Crippen molar-refractivity contribution in [3.63, 3.8) is 0 Å². The van der Waals surface area contributed by atoms with Crippen molar-refractivity contribution in [3.8, 4) is 5.75 Å². The molecule has 86 valence electrons. The summed E-state index contributed by atoms with van der Waals surface area (Å²) in [6, 6.07) is 4.31. The summed E-state index contributed by atoms with van der Waals surface area (Å²) in [5.41, 5.74) is -0.143. The van der Waals surface area contributed by atoms with Crippen LogP contribution >= 0.6 is 0 Å². The van der Waals surface area contributed by atoms with E-state index < -0.39 is 5.82 Å². The molecule has 0 amide bonds. The molecule has 0 aliphatic rings. The van der Waals surface area contributed by atoms with E-state index in [0.717, 1.165) is 0 Å². The third kappa shape index (κ3) is 3.48. The Bertz CT molecular complexity index is 418. The van der Waals surface area contributed by atoms with Crippen LogP contribution in [0.25, 0.3) is 0 Å². The summed E-state index contributed by atoms with van der Waals surface area (Å²) in [5, 5.41) is 0. The van der Waals surface area contributed by atoms with Crippen molar-refractivity contribution in [2.45, 2.75) is 20.8 Å². The lowest BCUT2D eigenvalue weighted by molar-refractivity contribution is 0.198. The molecule has 0 heterocycles. The number of hydrogen-bond acceptors (Lipinski definition) is 3. The van der Waals surface area contributed by atoms with Crippen LogP contribution in [0, 0.1) is 11.2 Å². The molecule has 0 atom stereocenters. The van der Waals surface area contributed by atoms with Crippen LogP contribution in [0.3, 0.4) is 0 Å². The van der Waals surface area contributed by atoms with Gasteiger partial charge in [0.05, 0.1) is 6.61 Å². The van der Waals surface area contributed by atoms with Gasteiger partial charge in [0.2, 0.25) is 6.08 Å². The Morgan fingerprint density at radius 2 is 2.12 bits per heavy atom. The minimum atomic E-state index is -0.588. The molecule has 0 aliphatic heterocycles. The van der Waals surface area contributed by atoms with Crippen molar-refractivity contribution in [1.82, 2.24) is 0 Å². The molecule has 0 bridgehead atoms. The van der Waals surface area contributed by atoms with E-state index in [1.54, 1.807) is 6.07 Å². The van der Waals surface area contributed by atoms with Crippen LogP contribution < -0.4 is 4.74 Å². The van der Waals surface area contributed by atoms with Crippen LogP contribution in [0.15, 0.2) is 23.2 Å². The van der Waals surface area contributed by atoms with Gasteiger partial charge in [-0.25, -0.2) is 9.18 Å². The molecule has 3 nitrogen and oxygen atoms in total. The Balaban J connectivity index is 2.95. The number of benzene rings is 1. The van der Waals surface area contributed by atoms with Crippen molar-refractivity contribution < 1.29 is 13.9 Å². The summed E-state index contributed by atoms with van der Waals surface area (Å²) >= 11 is 0. The maximum absolute atomic E-state index is 13.3. The molecule has 0 fully saturated rings. The number of halogens is 1. The molecule has 1 rings (SSSR count). The van der Waals surface area contributed by atoms with Crippen molar-refractivity contribution in [3.05, 3.63) is 24.0 Å². The van der Waals surface area contributed by atoms with Crippen molar-refractivity contribution >= 4 is 11.8 Å². The molecule has 1 aromatic carbocycles. The van der Waals surface area contributed by atoms with Gasteiger partial charge in [-0.05, 0) is 17.5 Å². The van der Waals surface area contributed by atoms with Gasteiger partial charge in [0.15, 0.2) is 11.5 Å². The van der Waals surface area contributed by atoms with E-state index in [4.69, 9.17) is 4.74 Å². The molecule has 1 aromatic rings. The van der Waals surface area contributed by atoms with Gasteiger partial charge in [-0.1, -0.05) is 26.8 Å². The number of hydrogen-bond donors (Lipinski definition) is 0. The first-order valence-electron chi connectivity index (χ1n) is 4.93. The first-order valence-corrected chi connectivity index (χ1v) is 4.93. The van der Waals surface area contributed by atoms with Crippen molar-refractivity contribution in [1.29, 1.82) is 0 Å². The molecule has 0 radical (unpaired) electrons. The van der Waals surface area contributed by atoms with Crippen LogP contribution in [-0.4, -0.2) is 12.7 Å². The summed E-state index contributed by atoms with van der Waals surface area (Å²) < 4.78 is 18.7. The van der Waals surface area contributed by atoms with Gasteiger partial charge in [-0.2, -0.15) is 4.99 Å². The van der Waals surface area contributed by atoms with Gasteiger partial charge in [0.25, 0.3) is 0 Å². The molecule has 0 aromatic heterocycles. The van der Waals surface area contributed by atoms with Gasteiger partial charge in [0.1, 0.15) is 5.75 Å². The topological polar surface area (TPSA) is 38.7 Å². The predicted octanol–water partition coefficient (Wildman–Crippen LogP) is 3.22. The van der Waals surface area contributed by atoms with E-state index in [1.807, 2.05) is 20.8 Å². The molecule has 0 saturated carbocycles. The van der Waals surface area contributed by atoms with Crippen LogP contribution in [0.5, 0.6) is 5.75 Å². The maximum Gasteiger partial charge on any atom is 0.240 e. The van der Waals surface area contributed by atoms with E-state index in [1.165, 1.54) is 18.2 Å². The van der Waals surface area contributed by atoms with Crippen LogP contribution in [0.4, 0.5) is 10.1 Å². The average molecular weight is 223 g/mol. The molecule has 16 heavy (non-hydrogen) atoms. The highest BCUT2D eigenvalue weighted by Crippen LogP contribution is 2.31. The molecule has 0 saturated heterocycles. The zero-order valence-electron chi connectivity index (χ0n) is 9.58. The normalized spacial score (nSPS) is 10.8. The summed E-state index contributed by atoms with van der Waals surface area (Å²) in [4.78, 5) is 13.5. The standard InChI is InChI=1S/C12H14FNO2/c1-12(2,3)7-16-10-6-4-5-9(13)11(10)14-8-15/h4-6H,7H2,1-3H3. The Morgan fingerprint density at radius 3 is 2.69 bits per heavy atom. The highest BCUT2D eigenvalue weighted by molar-refractivity contribution is 5.58.